The molecular weight excluding hydrogens is 134 g/mol. The molecule has 0 aromatic carbocycles. The Bertz CT molecular complexity index is 135. The molecule has 0 unspecified atom stereocenters. The Morgan fingerprint density at radius 2 is 2.00 bits per heavy atom. The fourth-order valence-electron chi connectivity index (χ4n) is 0.380. The molecule has 5 heteroatoms. The van der Waals surface area contributed by atoms with Crippen LogP contribution in [-0.4, -0.2) is 32.0 Å². The monoisotopic (exact) mass is 145 g/mol. The summed E-state index contributed by atoms with van der Waals surface area (Å²) in [5.41, 5.74) is 5.07. The number of carbonyl (C=O) groups excluding carboxylic acids is 2. The number of likely N-dealkylation sites (N-methyl/N-ethyl adjacent to an activating group) is 1. The minimum atomic E-state index is -0.645. The van der Waals surface area contributed by atoms with Gasteiger partial charge in [-0.05, 0) is 0 Å². The highest BCUT2D eigenvalue weighted by atomic mass is 16.2. The van der Waals surface area contributed by atoms with Gasteiger partial charge in [-0.15, -0.1) is 0 Å². The molecule has 0 saturated carbocycles. The molecule has 58 valence electrons. The van der Waals surface area contributed by atoms with E-state index in [9.17, 15) is 9.59 Å². The second kappa shape index (κ2) is 4.75. The zero-order valence-corrected chi connectivity index (χ0v) is 5.81. The van der Waals surface area contributed by atoms with Gasteiger partial charge in [-0.1, -0.05) is 0 Å². The summed E-state index contributed by atoms with van der Waals surface area (Å²) in [4.78, 5) is 21.0. The third-order valence-corrected chi connectivity index (χ3v) is 0.863. The van der Waals surface area contributed by atoms with E-state index in [1.54, 1.807) is 0 Å². The van der Waals surface area contributed by atoms with Gasteiger partial charge in [0.15, 0.2) is 0 Å². The Kier molecular flexibility index (Phi) is 4.23. The van der Waals surface area contributed by atoms with Crippen molar-refractivity contribution in [1.82, 2.24) is 10.6 Å². The number of carbonyl (C=O) groups is 2. The van der Waals surface area contributed by atoms with Gasteiger partial charge in [0, 0.05) is 20.1 Å². The predicted molar refractivity (Wildman–Crippen MR) is 36.1 cm³/mol. The molecule has 0 bridgehead atoms. The van der Waals surface area contributed by atoms with Crippen LogP contribution in [0.5, 0.6) is 0 Å². The first-order valence-electron chi connectivity index (χ1n) is 2.92. The summed E-state index contributed by atoms with van der Waals surface area (Å²) in [5.74, 6) is -1.29. The van der Waals surface area contributed by atoms with Crippen molar-refractivity contribution in [3.8, 4) is 0 Å². The molecule has 0 fully saturated rings. The summed E-state index contributed by atoms with van der Waals surface area (Å²) >= 11 is 0. The lowest BCUT2D eigenvalue weighted by molar-refractivity contribution is -0.138. The van der Waals surface area contributed by atoms with E-state index >= 15 is 0 Å². The fraction of sp³-hybridized carbons (Fsp3) is 0.600. The maximum Gasteiger partial charge on any atom is 0.309 e. The Morgan fingerprint density at radius 3 is 2.40 bits per heavy atom. The van der Waals surface area contributed by atoms with Gasteiger partial charge in [-0.2, -0.15) is 0 Å². The van der Waals surface area contributed by atoms with Crippen LogP contribution in [0.25, 0.3) is 0 Å². The van der Waals surface area contributed by atoms with Crippen LogP contribution in [0, 0.1) is 0 Å². The van der Waals surface area contributed by atoms with Crippen LogP contribution in [0.4, 0.5) is 0 Å². The third kappa shape index (κ3) is 3.03. The van der Waals surface area contributed by atoms with E-state index in [-0.39, 0.29) is 0 Å². The Hall–Kier alpha value is -1.10. The van der Waals surface area contributed by atoms with Crippen LogP contribution in [0.2, 0.25) is 0 Å². The van der Waals surface area contributed by atoms with Gasteiger partial charge in [0.05, 0.1) is 0 Å². The molecule has 0 rings (SSSR count). The van der Waals surface area contributed by atoms with Crippen molar-refractivity contribution in [2.45, 2.75) is 0 Å². The molecule has 0 atom stereocenters. The molecule has 0 spiro atoms. The van der Waals surface area contributed by atoms with E-state index in [4.69, 9.17) is 5.73 Å². The molecule has 5 nitrogen and oxygen atoms in total. The van der Waals surface area contributed by atoms with E-state index in [0.29, 0.717) is 13.1 Å². The number of nitrogens with one attached hydrogen (secondary N) is 2. The molecule has 0 aromatic heterocycles. The maximum absolute atomic E-state index is 10.6. The Labute approximate surface area is 59.0 Å². The summed E-state index contributed by atoms with van der Waals surface area (Å²) in [7, 11) is 1.39. The van der Waals surface area contributed by atoms with Crippen LogP contribution in [0.3, 0.4) is 0 Å². The van der Waals surface area contributed by atoms with Gasteiger partial charge in [0.25, 0.3) is 0 Å². The number of hydrogen-bond acceptors (Lipinski definition) is 3. The van der Waals surface area contributed by atoms with E-state index < -0.39 is 11.8 Å². The van der Waals surface area contributed by atoms with Crippen LogP contribution in [-0.2, 0) is 9.59 Å². The first kappa shape index (κ1) is 8.90. The van der Waals surface area contributed by atoms with Crippen LogP contribution in [0.1, 0.15) is 0 Å². The molecule has 2 amide bonds. The molecular formula is C5H11N3O2. The van der Waals surface area contributed by atoms with Crippen molar-refractivity contribution in [3.63, 3.8) is 0 Å². The van der Waals surface area contributed by atoms with Gasteiger partial charge < -0.3 is 16.4 Å². The van der Waals surface area contributed by atoms with Crippen molar-refractivity contribution in [2.75, 3.05) is 20.1 Å². The molecule has 0 aliphatic carbocycles. The highest BCUT2D eigenvalue weighted by molar-refractivity contribution is 6.34. The highest BCUT2D eigenvalue weighted by Crippen LogP contribution is 1.63. The van der Waals surface area contributed by atoms with Crippen molar-refractivity contribution < 1.29 is 9.59 Å². The second-order valence-electron chi connectivity index (χ2n) is 1.62. The van der Waals surface area contributed by atoms with Crippen LogP contribution in [0.15, 0.2) is 0 Å². The summed E-state index contributed by atoms with van der Waals surface area (Å²) in [6.07, 6.45) is 0. The quantitative estimate of drug-likeness (QED) is 0.386. The normalized spacial score (nSPS) is 8.60. The summed E-state index contributed by atoms with van der Waals surface area (Å²) in [6, 6.07) is 0. The number of amides is 2. The summed E-state index contributed by atoms with van der Waals surface area (Å²) < 4.78 is 0. The SMILES string of the molecule is CNC(=O)C(=O)NCCN. The van der Waals surface area contributed by atoms with Gasteiger partial charge in [-0.3, -0.25) is 9.59 Å². The van der Waals surface area contributed by atoms with E-state index in [0.717, 1.165) is 0 Å². The van der Waals surface area contributed by atoms with Crippen LogP contribution >= 0.6 is 0 Å². The Balaban J connectivity index is 3.52. The Morgan fingerprint density at radius 1 is 1.40 bits per heavy atom. The van der Waals surface area contributed by atoms with Gasteiger partial charge in [-0.25, -0.2) is 0 Å². The smallest absolute Gasteiger partial charge is 0.309 e. The lowest BCUT2D eigenvalue weighted by Gasteiger charge is -1.99. The molecule has 0 radical (unpaired) electrons. The van der Waals surface area contributed by atoms with Gasteiger partial charge >= 0.3 is 11.8 Å². The topological polar surface area (TPSA) is 84.2 Å². The minimum absolute atomic E-state index is 0.326. The molecule has 0 saturated heterocycles. The summed E-state index contributed by atoms with van der Waals surface area (Å²) in [6.45, 7) is 0.662. The van der Waals surface area contributed by atoms with Crippen LogP contribution < -0.4 is 16.4 Å². The van der Waals surface area contributed by atoms with E-state index in [1.807, 2.05) is 0 Å². The number of rotatable bonds is 2. The zero-order chi connectivity index (χ0) is 7.98. The first-order chi connectivity index (χ1) is 4.72. The molecule has 4 N–H and O–H groups in total. The minimum Gasteiger partial charge on any atom is -0.351 e. The number of nitrogens with two attached hydrogens (primary N) is 1. The average Bonchev–Trinajstić information content (AvgIpc) is 1.98. The summed E-state index contributed by atoms with van der Waals surface area (Å²) in [5, 5.41) is 4.49. The second-order valence-corrected chi connectivity index (χ2v) is 1.62. The zero-order valence-electron chi connectivity index (χ0n) is 5.81. The van der Waals surface area contributed by atoms with E-state index in [2.05, 4.69) is 10.6 Å². The lowest BCUT2D eigenvalue weighted by Crippen LogP contribution is -2.40. The average molecular weight is 145 g/mol. The van der Waals surface area contributed by atoms with Crippen molar-refractivity contribution in [3.05, 3.63) is 0 Å². The molecule has 0 aliphatic heterocycles. The largest absolute Gasteiger partial charge is 0.351 e. The number of hydrogen-bond donors (Lipinski definition) is 3. The first-order valence-corrected chi connectivity index (χ1v) is 2.92. The van der Waals surface area contributed by atoms with E-state index in [1.165, 1.54) is 7.05 Å². The maximum atomic E-state index is 10.6. The highest BCUT2D eigenvalue weighted by Gasteiger charge is 2.08. The molecule has 10 heavy (non-hydrogen) atoms. The molecule has 0 aromatic rings. The predicted octanol–water partition coefficient (Wildman–Crippen LogP) is -2.19. The van der Waals surface area contributed by atoms with Crippen molar-refractivity contribution in [1.29, 1.82) is 0 Å². The lowest BCUT2D eigenvalue weighted by atomic mass is 10.5. The standard InChI is InChI=1S/C5H11N3O2/c1-7-4(9)5(10)8-3-2-6/h2-3,6H2,1H3,(H,7,9)(H,8,10). The fourth-order valence-corrected chi connectivity index (χ4v) is 0.380. The van der Waals surface area contributed by atoms with Crippen molar-refractivity contribution >= 4 is 11.8 Å². The molecule has 0 aliphatic rings. The third-order valence-electron chi connectivity index (χ3n) is 0.863. The van der Waals surface area contributed by atoms with Gasteiger partial charge in [0.2, 0.25) is 0 Å². The van der Waals surface area contributed by atoms with Gasteiger partial charge in [0.1, 0.15) is 0 Å². The molecule has 0 heterocycles. The van der Waals surface area contributed by atoms with Crippen molar-refractivity contribution in [2.24, 2.45) is 5.73 Å².